The van der Waals surface area contributed by atoms with Crippen LogP contribution in [0.2, 0.25) is 0 Å². The summed E-state index contributed by atoms with van der Waals surface area (Å²) in [4.78, 5) is 30.5. The summed E-state index contributed by atoms with van der Waals surface area (Å²) in [5, 5.41) is 0. The Kier molecular flexibility index (Phi) is 7.53. The van der Waals surface area contributed by atoms with Gasteiger partial charge in [-0.3, -0.25) is 9.59 Å². The molecule has 1 aliphatic heterocycles. The normalized spacial score (nSPS) is 18.5. The molecule has 178 valence electrons. The molecule has 1 unspecified atom stereocenters. The minimum absolute atomic E-state index is 0.00263. The summed E-state index contributed by atoms with van der Waals surface area (Å²) < 4.78 is 7.48. The van der Waals surface area contributed by atoms with Crippen LogP contribution >= 0.6 is 0 Å². The fraction of sp³-hybridized carbons (Fsp3) is 0.556. The number of ether oxygens (including phenoxy) is 1. The fourth-order valence-corrected chi connectivity index (χ4v) is 5.22. The molecule has 0 N–H and O–H groups in total. The highest BCUT2D eigenvalue weighted by atomic mass is 16.5. The van der Waals surface area contributed by atoms with E-state index in [1.807, 2.05) is 11.0 Å². The molecular weight excluding hydrogens is 414 g/mol. The molecule has 6 nitrogen and oxygen atoms in total. The van der Waals surface area contributed by atoms with Crippen LogP contribution in [0.4, 0.5) is 0 Å². The smallest absolute Gasteiger partial charge is 0.243 e. The molecule has 1 fully saturated rings. The van der Waals surface area contributed by atoms with E-state index >= 15 is 0 Å². The fourth-order valence-electron chi connectivity index (χ4n) is 5.22. The number of hydrogen-bond acceptors (Lipinski definition) is 3. The van der Waals surface area contributed by atoms with Gasteiger partial charge in [-0.05, 0) is 42.0 Å². The van der Waals surface area contributed by atoms with Gasteiger partial charge in [-0.25, -0.2) is 0 Å². The van der Waals surface area contributed by atoms with Gasteiger partial charge in [0.1, 0.15) is 0 Å². The van der Waals surface area contributed by atoms with E-state index in [-0.39, 0.29) is 30.3 Å². The van der Waals surface area contributed by atoms with Crippen molar-refractivity contribution in [1.82, 2.24) is 14.4 Å². The summed E-state index contributed by atoms with van der Waals surface area (Å²) in [6, 6.07) is 12.6. The minimum atomic E-state index is -0.145. The standard InChI is InChI=1S/C27H37N3O3/c1-20(2)21-10-12-22(13-11-21)26-24-9-6-14-28(24)15-16-30(26)25(31)19-29(17-18-33-3)27(32)23-7-4-5-8-23/h6,9-14,20,23,26H,4-5,7-8,15-19H2,1-3H3. The summed E-state index contributed by atoms with van der Waals surface area (Å²) >= 11 is 0. The molecule has 1 aromatic heterocycles. The number of amides is 2. The topological polar surface area (TPSA) is 54.8 Å². The van der Waals surface area contributed by atoms with Crippen LogP contribution in [-0.4, -0.2) is 59.5 Å². The van der Waals surface area contributed by atoms with Gasteiger partial charge in [0.2, 0.25) is 11.8 Å². The molecule has 6 heteroatoms. The lowest BCUT2D eigenvalue weighted by molar-refractivity contribution is -0.144. The van der Waals surface area contributed by atoms with Crippen LogP contribution in [0.1, 0.15) is 68.3 Å². The number of nitrogens with zero attached hydrogens (tertiary/aromatic N) is 3. The van der Waals surface area contributed by atoms with Gasteiger partial charge in [-0.1, -0.05) is 51.0 Å². The summed E-state index contributed by atoms with van der Waals surface area (Å²) in [6.07, 6.45) is 6.14. The second kappa shape index (κ2) is 10.6. The van der Waals surface area contributed by atoms with Gasteiger partial charge >= 0.3 is 0 Å². The van der Waals surface area contributed by atoms with E-state index in [9.17, 15) is 9.59 Å². The first-order valence-corrected chi connectivity index (χ1v) is 12.3. The monoisotopic (exact) mass is 451 g/mol. The largest absolute Gasteiger partial charge is 0.383 e. The van der Waals surface area contributed by atoms with Gasteiger partial charge in [-0.15, -0.1) is 0 Å². The Morgan fingerprint density at radius 2 is 1.82 bits per heavy atom. The van der Waals surface area contributed by atoms with Crippen LogP contribution < -0.4 is 0 Å². The molecule has 1 atom stereocenters. The van der Waals surface area contributed by atoms with Crippen molar-refractivity contribution in [3.05, 3.63) is 59.4 Å². The molecule has 0 bridgehead atoms. The highest BCUT2D eigenvalue weighted by Crippen LogP contribution is 2.33. The van der Waals surface area contributed by atoms with Gasteiger partial charge in [0.15, 0.2) is 0 Å². The van der Waals surface area contributed by atoms with Crippen LogP contribution in [0.25, 0.3) is 0 Å². The Balaban J connectivity index is 1.58. The first kappa shape index (κ1) is 23.6. The Morgan fingerprint density at radius 1 is 1.09 bits per heavy atom. The summed E-state index contributed by atoms with van der Waals surface area (Å²) in [5.41, 5.74) is 3.52. The molecule has 4 rings (SSSR count). The van der Waals surface area contributed by atoms with Crippen LogP contribution in [0.3, 0.4) is 0 Å². The molecule has 2 aromatic rings. The maximum absolute atomic E-state index is 13.7. The Bertz CT molecular complexity index is 944. The predicted molar refractivity (Wildman–Crippen MR) is 129 cm³/mol. The summed E-state index contributed by atoms with van der Waals surface area (Å²) in [6.45, 7) is 6.78. The number of aromatic nitrogens is 1. The van der Waals surface area contributed by atoms with E-state index in [0.29, 0.717) is 25.6 Å². The van der Waals surface area contributed by atoms with E-state index in [1.165, 1.54) is 5.56 Å². The summed E-state index contributed by atoms with van der Waals surface area (Å²) in [7, 11) is 1.63. The van der Waals surface area contributed by atoms with Crippen LogP contribution in [-0.2, 0) is 20.9 Å². The number of carbonyl (C=O) groups is 2. The lowest BCUT2D eigenvalue weighted by Gasteiger charge is -2.38. The average molecular weight is 452 g/mol. The zero-order valence-corrected chi connectivity index (χ0v) is 20.2. The number of benzene rings is 1. The lowest BCUT2D eigenvalue weighted by Crippen LogP contribution is -2.49. The molecule has 1 saturated carbocycles. The molecule has 2 amide bonds. The molecule has 33 heavy (non-hydrogen) atoms. The molecular formula is C27H37N3O3. The first-order valence-electron chi connectivity index (χ1n) is 12.3. The lowest BCUT2D eigenvalue weighted by atomic mass is 9.95. The highest BCUT2D eigenvalue weighted by molar-refractivity contribution is 5.86. The van der Waals surface area contributed by atoms with Gasteiger partial charge < -0.3 is 19.1 Å². The number of methoxy groups -OCH3 is 1. The van der Waals surface area contributed by atoms with Crippen molar-refractivity contribution < 1.29 is 14.3 Å². The molecule has 0 radical (unpaired) electrons. The van der Waals surface area contributed by atoms with E-state index in [1.54, 1.807) is 12.0 Å². The van der Waals surface area contributed by atoms with E-state index in [0.717, 1.165) is 43.5 Å². The molecule has 2 aliphatic rings. The molecule has 2 heterocycles. The van der Waals surface area contributed by atoms with Gasteiger partial charge in [0, 0.05) is 44.6 Å². The quantitative estimate of drug-likeness (QED) is 0.604. The zero-order chi connectivity index (χ0) is 23.4. The average Bonchev–Trinajstić information content (AvgIpc) is 3.52. The van der Waals surface area contributed by atoms with E-state index in [2.05, 4.69) is 54.9 Å². The zero-order valence-electron chi connectivity index (χ0n) is 20.2. The van der Waals surface area contributed by atoms with Crippen LogP contribution in [0.15, 0.2) is 42.6 Å². The van der Waals surface area contributed by atoms with Crippen molar-refractivity contribution in [3.63, 3.8) is 0 Å². The van der Waals surface area contributed by atoms with Gasteiger partial charge in [0.25, 0.3) is 0 Å². The third-order valence-electron chi connectivity index (χ3n) is 7.19. The van der Waals surface area contributed by atoms with Crippen LogP contribution in [0, 0.1) is 5.92 Å². The first-order chi connectivity index (χ1) is 16.0. The molecule has 0 spiro atoms. The number of carbonyl (C=O) groups excluding carboxylic acids is 2. The third kappa shape index (κ3) is 5.16. The molecule has 1 aliphatic carbocycles. The number of hydrogen-bond donors (Lipinski definition) is 0. The molecule has 0 saturated heterocycles. The van der Waals surface area contributed by atoms with E-state index in [4.69, 9.17) is 4.74 Å². The van der Waals surface area contributed by atoms with Crippen molar-refractivity contribution in [3.8, 4) is 0 Å². The number of fused-ring (bicyclic) bond motifs is 1. The molecule has 1 aromatic carbocycles. The van der Waals surface area contributed by atoms with Crippen molar-refractivity contribution in [2.24, 2.45) is 5.92 Å². The second-order valence-electron chi connectivity index (χ2n) is 9.67. The Morgan fingerprint density at radius 3 is 2.48 bits per heavy atom. The van der Waals surface area contributed by atoms with Crippen molar-refractivity contribution in [2.75, 3.05) is 33.4 Å². The van der Waals surface area contributed by atoms with Gasteiger partial charge in [0.05, 0.1) is 19.2 Å². The van der Waals surface area contributed by atoms with Crippen molar-refractivity contribution >= 4 is 11.8 Å². The highest BCUT2D eigenvalue weighted by Gasteiger charge is 2.35. The van der Waals surface area contributed by atoms with E-state index < -0.39 is 0 Å². The minimum Gasteiger partial charge on any atom is -0.383 e. The third-order valence-corrected chi connectivity index (χ3v) is 7.19. The maximum atomic E-state index is 13.7. The Labute approximate surface area is 197 Å². The number of rotatable bonds is 8. The SMILES string of the molecule is COCCN(CC(=O)N1CCn2cccc2C1c1ccc(C(C)C)cc1)C(=O)C1CCCC1. The Hall–Kier alpha value is -2.60. The summed E-state index contributed by atoms with van der Waals surface area (Å²) in [5.74, 6) is 0.620. The van der Waals surface area contributed by atoms with Crippen LogP contribution in [0.5, 0.6) is 0 Å². The maximum Gasteiger partial charge on any atom is 0.243 e. The predicted octanol–water partition coefficient (Wildman–Crippen LogP) is 4.21. The second-order valence-corrected chi connectivity index (χ2v) is 9.67. The van der Waals surface area contributed by atoms with Gasteiger partial charge in [-0.2, -0.15) is 0 Å². The van der Waals surface area contributed by atoms with Crippen molar-refractivity contribution in [2.45, 2.75) is 58.0 Å². The van der Waals surface area contributed by atoms with Crippen molar-refractivity contribution in [1.29, 1.82) is 0 Å².